The van der Waals surface area contributed by atoms with Gasteiger partial charge in [0.25, 0.3) is 5.91 Å². The van der Waals surface area contributed by atoms with E-state index in [1.165, 1.54) is 11.3 Å². The third-order valence-electron chi connectivity index (χ3n) is 7.27. The van der Waals surface area contributed by atoms with E-state index >= 15 is 0 Å². The lowest BCUT2D eigenvalue weighted by molar-refractivity contribution is 0.0144. The summed E-state index contributed by atoms with van der Waals surface area (Å²) in [5.74, 6) is 0.357. The zero-order valence-corrected chi connectivity index (χ0v) is 25.1. The highest BCUT2D eigenvalue weighted by Gasteiger charge is 2.35. The first-order valence-corrected chi connectivity index (χ1v) is 14.6. The molecule has 0 radical (unpaired) electrons. The molecule has 8 nitrogen and oxygen atoms in total. The Morgan fingerprint density at radius 3 is 2.33 bits per heavy atom. The Morgan fingerprint density at radius 2 is 1.73 bits per heavy atom. The Labute approximate surface area is 244 Å². The highest BCUT2D eigenvalue weighted by molar-refractivity contribution is 7.21. The van der Waals surface area contributed by atoms with Crippen molar-refractivity contribution in [3.05, 3.63) is 57.9 Å². The van der Waals surface area contributed by atoms with Crippen LogP contribution >= 0.6 is 22.9 Å². The van der Waals surface area contributed by atoms with Crippen LogP contribution in [0.25, 0.3) is 10.1 Å². The van der Waals surface area contributed by atoms with E-state index < -0.39 is 12.7 Å². The number of carbonyl (C=O) groups is 2. The van der Waals surface area contributed by atoms with Crippen LogP contribution in [0.15, 0.2) is 42.5 Å². The first-order chi connectivity index (χ1) is 18.9. The molecule has 214 valence electrons. The highest BCUT2D eigenvalue weighted by atomic mass is 35.5. The van der Waals surface area contributed by atoms with Gasteiger partial charge in [-0.05, 0) is 64.1 Å². The molecular formula is C29H36BClN2O6S. The van der Waals surface area contributed by atoms with Crippen LogP contribution in [0.3, 0.4) is 0 Å². The second-order valence-corrected chi connectivity index (χ2v) is 12.6. The zero-order valence-electron chi connectivity index (χ0n) is 23.5. The normalized spacial score (nSPS) is 17.4. The van der Waals surface area contributed by atoms with Gasteiger partial charge in [-0.3, -0.25) is 4.79 Å². The van der Waals surface area contributed by atoms with Crippen LogP contribution < -0.4 is 10.2 Å². The van der Waals surface area contributed by atoms with Gasteiger partial charge >= 0.3 is 13.2 Å². The van der Waals surface area contributed by atoms with Crippen molar-refractivity contribution >= 4 is 57.6 Å². The Hall–Kier alpha value is -2.79. The predicted molar refractivity (Wildman–Crippen MR) is 160 cm³/mol. The fourth-order valence-corrected chi connectivity index (χ4v) is 6.62. The van der Waals surface area contributed by atoms with Crippen LogP contribution in [-0.2, 0) is 11.3 Å². The molecule has 1 aliphatic rings. The van der Waals surface area contributed by atoms with Crippen LogP contribution in [-0.4, -0.2) is 70.8 Å². The van der Waals surface area contributed by atoms with Crippen molar-refractivity contribution in [2.75, 3.05) is 14.2 Å². The maximum Gasteiger partial charge on any atom is 0.488 e. The van der Waals surface area contributed by atoms with Crippen LogP contribution in [0.5, 0.6) is 5.75 Å². The largest absolute Gasteiger partial charge is 0.496 e. The lowest BCUT2D eigenvalue weighted by atomic mass is 9.79. The van der Waals surface area contributed by atoms with Crippen molar-refractivity contribution in [3.63, 3.8) is 0 Å². The summed E-state index contributed by atoms with van der Waals surface area (Å²) < 4.78 is 12.0. The molecule has 0 unspecified atom stereocenters. The number of amides is 2. The van der Waals surface area contributed by atoms with Crippen molar-refractivity contribution in [1.29, 1.82) is 0 Å². The first kappa shape index (κ1) is 30.2. The molecule has 1 aromatic heterocycles. The lowest BCUT2D eigenvalue weighted by Gasteiger charge is -2.40. The molecule has 0 atom stereocenters. The van der Waals surface area contributed by atoms with Gasteiger partial charge in [0.15, 0.2) is 0 Å². The predicted octanol–water partition coefficient (Wildman–Crippen LogP) is 5.06. The Bertz CT molecular complexity index is 1370. The summed E-state index contributed by atoms with van der Waals surface area (Å²) in [4.78, 5) is 30.8. The molecule has 0 saturated heterocycles. The number of carbonyl (C=O) groups excluding carboxylic acids is 2. The maximum atomic E-state index is 14.2. The molecule has 2 aromatic carbocycles. The minimum atomic E-state index is -1.65. The molecule has 3 aromatic rings. The van der Waals surface area contributed by atoms with Gasteiger partial charge in [0, 0.05) is 41.3 Å². The van der Waals surface area contributed by atoms with E-state index in [4.69, 9.17) is 21.1 Å². The van der Waals surface area contributed by atoms with Gasteiger partial charge in [0.1, 0.15) is 16.2 Å². The van der Waals surface area contributed by atoms with Crippen molar-refractivity contribution in [2.45, 2.75) is 70.7 Å². The van der Waals surface area contributed by atoms with Crippen molar-refractivity contribution in [1.82, 2.24) is 9.80 Å². The minimum Gasteiger partial charge on any atom is -0.496 e. The number of ether oxygens (including phenoxy) is 2. The van der Waals surface area contributed by atoms with E-state index in [0.29, 0.717) is 52.4 Å². The van der Waals surface area contributed by atoms with Crippen LogP contribution in [0, 0.1) is 0 Å². The van der Waals surface area contributed by atoms with Gasteiger partial charge < -0.3 is 29.3 Å². The number of thiophene rings is 1. The summed E-state index contributed by atoms with van der Waals surface area (Å²) in [6.45, 7) is 5.73. The molecule has 0 spiro atoms. The molecule has 0 bridgehead atoms. The standard InChI is InChI=1S/C29H36BClN2O6S/c1-29(2,3)39-28(35)32(4)20-11-13-21(14-12-20)33(17-18-16-19(30(36)37)10-15-23(18)38-5)27(34)26-25(31)22-8-6-7-9-24(22)40-26/h6-10,15-16,20-21,36-37H,11-14,17H2,1-5H3. The Kier molecular flexibility index (Phi) is 9.35. The molecule has 0 aliphatic heterocycles. The van der Waals surface area contributed by atoms with E-state index in [-0.39, 0.29) is 30.6 Å². The van der Waals surface area contributed by atoms with Gasteiger partial charge in [-0.1, -0.05) is 41.9 Å². The number of hydrogen-bond acceptors (Lipinski definition) is 7. The van der Waals surface area contributed by atoms with Gasteiger partial charge in [-0.2, -0.15) is 0 Å². The number of rotatable bonds is 7. The summed E-state index contributed by atoms with van der Waals surface area (Å²) in [7, 11) is 1.65. The van der Waals surface area contributed by atoms with Gasteiger partial charge in [0.2, 0.25) is 0 Å². The van der Waals surface area contributed by atoms with Crippen molar-refractivity contribution in [2.24, 2.45) is 0 Å². The summed E-state index contributed by atoms with van der Waals surface area (Å²) in [5, 5.41) is 20.8. The SMILES string of the molecule is COc1ccc(B(O)O)cc1CN(C(=O)c1sc2ccccc2c1Cl)C1CCC(N(C)C(=O)OC(C)(C)C)CC1. The number of halogens is 1. The summed E-state index contributed by atoms with van der Waals surface area (Å²) in [6.07, 6.45) is 2.41. The van der Waals surface area contributed by atoms with E-state index in [2.05, 4.69) is 0 Å². The number of benzene rings is 2. The Balaban J connectivity index is 1.63. The zero-order chi connectivity index (χ0) is 29.2. The van der Waals surface area contributed by atoms with E-state index in [1.54, 1.807) is 37.3 Å². The van der Waals surface area contributed by atoms with Gasteiger partial charge in [-0.15, -0.1) is 11.3 Å². The van der Waals surface area contributed by atoms with Gasteiger partial charge in [0.05, 0.1) is 12.1 Å². The summed E-state index contributed by atoms with van der Waals surface area (Å²) >= 11 is 8.09. The monoisotopic (exact) mass is 586 g/mol. The fourth-order valence-electron chi connectivity index (χ4n) is 5.16. The van der Waals surface area contributed by atoms with Crippen LogP contribution in [0.2, 0.25) is 5.02 Å². The Morgan fingerprint density at radius 1 is 1.07 bits per heavy atom. The molecular weight excluding hydrogens is 551 g/mol. The average Bonchev–Trinajstić information content (AvgIpc) is 3.26. The molecule has 1 aliphatic carbocycles. The quantitative estimate of drug-likeness (QED) is 0.375. The molecule has 11 heteroatoms. The number of fused-ring (bicyclic) bond motifs is 1. The minimum absolute atomic E-state index is 0.00151. The van der Waals surface area contributed by atoms with E-state index in [1.807, 2.05) is 49.9 Å². The molecule has 40 heavy (non-hydrogen) atoms. The van der Waals surface area contributed by atoms with Gasteiger partial charge in [-0.25, -0.2) is 4.79 Å². The van der Waals surface area contributed by atoms with Crippen molar-refractivity contribution in [3.8, 4) is 5.75 Å². The van der Waals surface area contributed by atoms with E-state index in [0.717, 1.165) is 10.1 Å². The topological polar surface area (TPSA) is 99.5 Å². The molecule has 1 fully saturated rings. The second kappa shape index (κ2) is 12.4. The molecule has 2 amide bonds. The lowest BCUT2D eigenvalue weighted by Crippen LogP contribution is -2.47. The van der Waals surface area contributed by atoms with Crippen LogP contribution in [0.1, 0.15) is 61.7 Å². The first-order valence-electron chi connectivity index (χ1n) is 13.4. The van der Waals surface area contributed by atoms with Crippen LogP contribution in [0.4, 0.5) is 4.79 Å². The fraction of sp³-hybridized carbons (Fsp3) is 0.448. The molecule has 1 heterocycles. The third kappa shape index (κ3) is 6.74. The third-order valence-corrected chi connectivity index (χ3v) is 8.93. The number of hydrogen-bond donors (Lipinski definition) is 2. The summed E-state index contributed by atoms with van der Waals surface area (Å²) in [6, 6.07) is 12.4. The maximum absolute atomic E-state index is 14.2. The number of nitrogens with zero attached hydrogens (tertiary/aromatic N) is 2. The molecule has 4 rings (SSSR count). The smallest absolute Gasteiger partial charge is 0.488 e. The average molecular weight is 587 g/mol. The summed E-state index contributed by atoms with van der Waals surface area (Å²) in [5.41, 5.74) is 0.392. The molecule has 1 saturated carbocycles. The number of methoxy groups -OCH3 is 1. The van der Waals surface area contributed by atoms with Crippen molar-refractivity contribution < 1.29 is 29.1 Å². The van der Waals surface area contributed by atoms with E-state index in [9.17, 15) is 19.6 Å². The molecule has 2 N–H and O–H groups in total. The highest BCUT2D eigenvalue weighted by Crippen LogP contribution is 2.38. The second-order valence-electron chi connectivity index (χ2n) is 11.2.